The van der Waals surface area contributed by atoms with Gasteiger partial charge >= 0.3 is 0 Å². The van der Waals surface area contributed by atoms with Crippen molar-refractivity contribution in [1.82, 2.24) is 10.3 Å². The number of benzene rings is 1. The predicted octanol–water partition coefficient (Wildman–Crippen LogP) is 3.25. The summed E-state index contributed by atoms with van der Waals surface area (Å²) in [5.41, 5.74) is 3.50. The van der Waals surface area contributed by atoms with Crippen molar-refractivity contribution < 1.29 is 4.74 Å². The van der Waals surface area contributed by atoms with Crippen molar-refractivity contribution in [2.24, 2.45) is 0 Å². The van der Waals surface area contributed by atoms with Crippen LogP contribution in [-0.4, -0.2) is 12.0 Å². The van der Waals surface area contributed by atoms with Crippen LogP contribution in [0.2, 0.25) is 0 Å². The fourth-order valence-corrected chi connectivity index (χ4v) is 1.94. The van der Waals surface area contributed by atoms with Crippen molar-refractivity contribution in [1.29, 1.82) is 0 Å². The molecule has 2 aromatic rings. The maximum absolute atomic E-state index is 5.92. The van der Waals surface area contributed by atoms with Crippen LogP contribution in [-0.2, 0) is 6.61 Å². The smallest absolute Gasteiger partial charge is 0.124 e. The first kappa shape index (κ1) is 13.6. The van der Waals surface area contributed by atoms with Crippen LogP contribution in [0.5, 0.6) is 5.75 Å². The van der Waals surface area contributed by atoms with Gasteiger partial charge in [0.1, 0.15) is 12.4 Å². The van der Waals surface area contributed by atoms with Gasteiger partial charge in [0.05, 0.1) is 0 Å². The molecule has 0 saturated carbocycles. The standard InChI is InChI=1S/C16H20N2O/c1-12-6-7-16(15(9-12)13(2)17-3)19-11-14-5-4-8-18-10-14/h4-10,13,17H,11H2,1-3H3. The highest BCUT2D eigenvalue weighted by Crippen LogP contribution is 2.26. The lowest BCUT2D eigenvalue weighted by molar-refractivity contribution is 0.300. The third-order valence-corrected chi connectivity index (χ3v) is 3.18. The SMILES string of the molecule is CNC(C)c1cc(C)ccc1OCc1cccnc1. The largest absolute Gasteiger partial charge is 0.489 e. The molecule has 0 aliphatic rings. The van der Waals surface area contributed by atoms with Gasteiger partial charge in [0, 0.05) is 29.6 Å². The molecular formula is C16H20N2O. The van der Waals surface area contributed by atoms with Gasteiger partial charge in [0.2, 0.25) is 0 Å². The lowest BCUT2D eigenvalue weighted by Gasteiger charge is -2.17. The van der Waals surface area contributed by atoms with Crippen LogP contribution in [0.25, 0.3) is 0 Å². The summed E-state index contributed by atoms with van der Waals surface area (Å²) in [5, 5.41) is 3.25. The summed E-state index contributed by atoms with van der Waals surface area (Å²) < 4.78 is 5.92. The Balaban J connectivity index is 2.15. The molecule has 0 bridgehead atoms. The molecule has 0 amide bonds. The van der Waals surface area contributed by atoms with E-state index in [4.69, 9.17) is 4.74 Å². The number of nitrogens with one attached hydrogen (secondary N) is 1. The Hall–Kier alpha value is -1.87. The van der Waals surface area contributed by atoms with E-state index >= 15 is 0 Å². The highest BCUT2D eigenvalue weighted by Gasteiger charge is 2.10. The normalized spacial score (nSPS) is 12.2. The first-order valence-corrected chi connectivity index (χ1v) is 6.50. The Morgan fingerprint density at radius 1 is 1.32 bits per heavy atom. The molecular weight excluding hydrogens is 236 g/mol. The molecule has 0 aliphatic carbocycles. The molecule has 1 atom stereocenters. The number of aromatic nitrogens is 1. The molecule has 2 rings (SSSR count). The second-order valence-electron chi connectivity index (χ2n) is 4.70. The van der Waals surface area contributed by atoms with Crippen molar-refractivity contribution in [2.75, 3.05) is 7.05 Å². The van der Waals surface area contributed by atoms with Crippen LogP contribution in [0.1, 0.15) is 29.7 Å². The Kier molecular flexibility index (Phi) is 4.53. The number of hydrogen-bond acceptors (Lipinski definition) is 3. The van der Waals surface area contributed by atoms with E-state index < -0.39 is 0 Å². The Bertz CT molecular complexity index is 526. The van der Waals surface area contributed by atoms with E-state index in [2.05, 4.69) is 36.3 Å². The van der Waals surface area contributed by atoms with E-state index in [0.29, 0.717) is 6.61 Å². The van der Waals surface area contributed by atoms with E-state index in [0.717, 1.165) is 11.3 Å². The van der Waals surface area contributed by atoms with Crippen LogP contribution >= 0.6 is 0 Å². The molecule has 3 heteroatoms. The Labute approximate surface area is 114 Å². The van der Waals surface area contributed by atoms with Crippen LogP contribution in [0.4, 0.5) is 0 Å². The number of hydrogen-bond donors (Lipinski definition) is 1. The minimum absolute atomic E-state index is 0.267. The van der Waals surface area contributed by atoms with Crippen molar-refractivity contribution in [3.8, 4) is 5.75 Å². The van der Waals surface area contributed by atoms with Gasteiger partial charge in [-0.15, -0.1) is 0 Å². The minimum Gasteiger partial charge on any atom is -0.489 e. The van der Waals surface area contributed by atoms with Gasteiger partial charge in [0.15, 0.2) is 0 Å². The Morgan fingerprint density at radius 3 is 2.84 bits per heavy atom. The predicted molar refractivity (Wildman–Crippen MR) is 77.2 cm³/mol. The molecule has 1 heterocycles. The van der Waals surface area contributed by atoms with E-state index in [9.17, 15) is 0 Å². The second kappa shape index (κ2) is 6.34. The first-order valence-electron chi connectivity index (χ1n) is 6.50. The van der Waals surface area contributed by atoms with Gasteiger partial charge in [-0.2, -0.15) is 0 Å². The molecule has 0 saturated heterocycles. The summed E-state index contributed by atoms with van der Waals surface area (Å²) in [5.74, 6) is 0.927. The first-order chi connectivity index (χ1) is 9.20. The molecule has 3 nitrogen and oxygen atoms in total. The number of nitrogens with zero attached hydrogens (tertiary/aromatic N) is 1. The fraction of sp³-hybridized carbons (Fsp3) is 0.312. The molecule has 1 aromatic carbocycles. The molecule has 19 heavy (non-hydrogen) atoms. The molecule has 1 N–H and O–H groups in total. The van der Waals surface area contributed by atoms with E-state index in [-0.39, 0.29) is 6.04 Å². The quantitative estimate of drug-likeness (QED) is 0.891. The third kappa shape index (κ3) is 3.55. The van der Waals surface area contributed by atoms with Gasteiger partial charge in [-0.05, 0) is 33.0 Å². The molecule has 1 unspecified atom stereocenters. The highest BCUT2D eigenvalue weighted by atomic mass is 16.5. The molecule has 0 spiro atoms. The van der Waals surface area contributed by atoms with Gasteiger partial charge in [-0.3, -0.25) is 4.98 Å². The highest BCUT2D eigenvalue weighted by molar-refractivity contribution is 5.39. The van der Waals surface area contributed by atoms with Crippen molar-refractivity contribution in [2.45, 2.75) is 26.5 Å². The van der Waals surface area contributed by atoms with Crippen LogP contribution in [0, 0.1) is 6.92 Å². The molecule has 1 aromatic heterocycles. The van der Waals surface area contributed by atoms with E-state index in [1.54, 1.807) is 6.20 Å². The molecule has 0 aliphatic heterocycles. The van der Waals surface area contributed by atoms with Crippen molar-refractivity contribution in [3.63, 3.8) is 0 Å². The van der Waals surface area contributed by atoms with Crippen LogP contribution < -0.4 is 10.1 Å². The van der Waals surface area contributed by atoms with Gasteiger partial charge in [0.25, 0.3) is 0 Å². The average Bonchev–Trinajstić information content (AvgIpc) is 2.46. The summed E-state index contributed by atoms with van der Waals surface area (Å²) >= 11 is 0. The lowest BCUT2D eigenvalue weighted by atomic mass is 10.0. The number of rotatable bonds is 5. The summed E-state index contributed by atoms with van der Waals surface area (Å²) in [7, 11) is 1.96. The monoisotopic (exact) mass is 256 g/mol. The zero-order valence-corrected chi connectivity index (χ0v) is 11.7. The van der Waals surface area contributed by atoms with Gasteiger partial charge in [-0.25, -0.2) is 0 Å². The summed E-state index contributed by atoms with van der Waals surface area (Å²) in [6.07, 6.45) is 3.60. The average molecular weight is 256 g/mol. The molecule has 0 fully saturated rings. The van der Waals surface area contributed by atoms with Crippen molar-refractivity contribution >= 4 is 0 Å². The number of aryl methyl sites for hydroxylation is 1. The molecule has 100 valence electrons. The maximum Gasteiger partial charge on any atom is 0.124 e. The van der Waals surface area contributed by atoms with Crippen LogP contribution in [0.15, 0.2) is 42.7 Å². The summed E-state index contributed by atoms with van der Waals surface area (Å²) in [4.78, 5) is 4.09. The van der Waals surface area contributed by atoms with Crippen molar-refractivity contribution in [3.05, 3.63) is 59.4 Å². The summed E-state index contributed by atoms with van der Waals surface area (Å²) in [6.45, 7) is 4.77. The lowest BCUT2D eigenvalue weighted by Crippen LogP contribution is -2.14. The number of ether oxygens (including phenoxy) is 1. The Morgan fingerprint density at radius 2 is 2.16 bits per heavy atom. The second-order valence-corrected chi connectivity index (χ2v) is 4.70. The number of pyridine rings is 1. The minimum atomic E-state index is 0.267. The van der Waals surface area contributed by atoms with Crippen LogP contribution in [0.3, 0.4) is 0 Å². The fourth-order valence-electron chi connectivity index (χ4n) is 1.94. The van der Waals surface area contributed by atoms with E-state index in [1.807, 2.05) is 31.4 Å². The zero-order chi connectivity index (χ0) is 13.7. The topological polar surface area (TPSA) is 34.1 Å². The van der Waals surface area contributed by atoms with Gasteiger partial charge in [-0.1, -0.05) is 23.8 Å². The third-order valence-electron chi connectivity index (χ3n) is 3.18. The maximum atomic E-state index is 5.92. The van der Waals surface area contributed by atoms with E-state index in [1.165, 1.54) is 11.1 Å². The van der Waals surface area contributed by atoms with Gasteiger partial charge < -0.3 is 10.1 Å². The summed E-state index contributed by atoms with van der Waals surface area (Å²) in [6, 6.07) is 10.5. The molecule has 0 radical (unpaired) electrons. The zero-order valence-electron chi connectivity index (χ0n) is 11.7.